The molecule has 43 heavy (non-hydrogen) atoms. The van der Waals surface area contributed by atoms with Crippen molar-refractivity contribution in [2.75, 3.05) is 17.2 Å². The minimum atomic E-state index is -1.05. The van der Waals surface area contributed by atoms with E-state index in [2.05, 4.69) is 58.8 Å². The number of fused-ring (bicyclic) bond motifs is 1. The maximum Gasteiger partial charge on any atom is 0.225 e. The second kappa shape index (κ2) is 11.6. The summed E-state index contributed by atoms with van der Waals surface area (Å²) in [5.74, 6) is 0.503. The van der Waals surface area contributed by atoms with Crippen molar-refractivity contribution in [3.05, 3.63) is 65.4 Å². The number of benzene rings is 1. The number of hydrogen-bond donors (Lipinski definition) is 5. The van der Waals surface area contributed by atoms with Crippen LogP contribution in [0, 0.1) is 26.7 Å². The molecule has 1 saturated carbocycles. The van der Waals surface area contributed by atoms with Gasteiger partial charge in [0.25, 0.3) is 0 Å². The van der Waals surface area contributed by atoms with Gasteiger partial charge in [0.2, 0.25) is 5.95 Å². The van der Waals surface area contributed by atoms with Crippen LogP contribution in [0.2, 0.25) is 0 Å². The normalized spacial score (nSPS) is 20.9. The van der Waals surface area contributed by atoms with Crippen LogP contribution in [0.15, 0.2) is 42.7 Å². The van der Waals surface area contributed by atoms with Crippen molar-refractivity contribution in [2.24, 2.45) is 13.0 Å². The molecular formula is C31H36N8O3S. The van der Waals surface area contributed by atoms with Crippen LogP contribution in [0.5, 0.6) is 0 Å². The van der Waals surface area contributed by atoms with E-state index in [1.165, 1.54) is 11.3 Å². The molecule has 0 saturated heterocycles. The van der Waals surface area contributed by atoms with Gasteiger partial charge in [-0.25, -0.2) is 9.97 Å². The monoisotopic (exact) mass is 600 g/mol. The Hall–Kier alpha value is -3.97. The lowest BCUT2D eigenvalue weighted by Crippen LogP contribution is -2.35. The van der Waals surface area contributed by atoms with Crippen molar-refractivity contribution in [1.82, 2.24) is 29.7 Å². The van der Waals surface area contributed by atoms with E-state index < -0.39 is 24.2 Å². The predicted molar refractivity (Wildman–Crippen MR) is 168 cm³/mol. The third-order valence-corrected chi connectivity index (χ3v) is 9.46. The zero-order chi connectivity index (χ0) is 30.4. The molecule has 4 heterocycles. The molecule has 0 radical (unpaired) electrons. The number of nitrogens with one attached hydrogen (secondary N) is 2. The molecule has 0 amide bonds. The summed E-state index contributed by atoms with van der Waals surface area (Å²) >= 11 is 1.51. The summed E-state index contributed by atoms with van der Waals surface area (Å²) in [7, 11) is 1.96. The smallest absolute Gasteiger partial charge is 0.225 e. The lowest BCUT2D eigenvalue weighted by atomic mass is 10.00. The molecule has 5 aromatic rings. The van der Waals surface area contributed by atoms with Gasteiger partial charge in [-0.05, 0) is 51.3 Å². The molecule has 1 aliphatic carbocycles. The molecule has 5 N–H and O–H groups in total. The maximum absolute atomic E-state index is 10.8. The van der Waals surface area contributed by atoms with Crippen LogP contribution in [-0.2, 0) is 7.05 Å². The topological polar surface area (TPSA) is 154 Å². The lowest BCUT2D eigenvalue weighted by molar-refractivity contribution is 0.00446. The SMILES string of the molecule is Cc1nc(N[C@H](C)c2ccc(-c3c(C)nn(C)c3C)cc2)nc(N[C@@H]2C[C@H](CO)[C@@H](O)[C@H]2O)c1-c1nc2cnccc2s1. The highest BCUT2D eigenvalue weighted by Gasteiger charge is 2.41. The van der Waals surface area contributed by atoms with Gasteiger partial charge in [-0.2, -0.15) is 10.1 Å². The van der Waals surface area contributed by atoms with Gasteiger partial charge in [0.1, 0.15) is 22.4 Å². The molecule has 1 aliphatic rings. The summed E-state index contributed by atoms with van der Waals surface area (Å²) < 4.78 is 2.89. The van der Waals surface area contributed by atoms with Crippen molar-refractivity contribution in [3.8, 4) is 21.7 Å². The summed E-state index contributed by atoms with van der Waals surface area (Å²) in [6, 6.07) is 9.73. The largest absolute Gasteiger partial charge is 0.396 e. The van der Waals surface area contributed by atoms with Gasteiger partial charge in [0, 0.05) is 37.0 Å². The van der Waals surface area contributed by atoms with Gasteiger partial charge >= 0.3 is 0 Å². The average Bonchev–Trinajstić information content (AvgIpc) is 3.61. The summed E-state index contributed by atoms with van der Waals surface area (Å²) in [4.78, 5) is 18.6. The van der Waals surface area contributed by atoms with E-state index in [-0.39, 0.29) is 12.6 Å². The molecule has 12 heteroatoms. The first kappa shape index (κ1) is 29.1. The number of hydrogen-bond acceptors (Lipinski definition) is 11. The number of pyridine rings is 1. The molecule has 11 nitrogen and oxygen atoms in total. The van der Waals surface area contributed by atoms with E-state index in [1.807, 2.05) is 31.6 Å². The molecule has 0 unspecified atom stereocenters. The Balaban J connectivity index is 1.32. The Morgan fingerprint density at radius 3 is 2.42 bits per heavy atom. The van der Waals surface area contributed by atoms with Gasteiger partial charge in [-0.1, -0.05) is 24.3 Å². The summed E-state index contributed by atoms with van der Waals surface area (Å²) in [6.07, 6.45) is 1.77. The minimum Gasteiger partial charge on any atom is -0.396 e. The molecule has 224 valence electrons. The molecule has 6 rings (SSSR count). The van der Waals surface area contributed by atoms with Crippen LogP contribution in [0.25, 0.3) is 31.9 Å². The van der Waals surface area contributed by atoms with Gasteiger partial charge in [0.15, 0.2) is 0 Å². The van der Waals surface area contributed by atoms with Crippen molar-refractivity contribution < 1.29 is 15.3 Å². The van der Waals surface area contributed by atoms with Crippen LogP contribution in [0.1, 0.15) is 42.0 Å². The highest BCUT2D eigenvalue weighted by atomic mass is 32.1. The highest BCUT2D eigenvalue weighted by Crippen LogP contribution is 2.38. The van der Waals surface area contributed by atoms with Crippen molar-refractivity contribution in [2.45, 2.75) is 58.4 Å². The van der Waals surface area contributed by atoms with E-state index in [0.29, 0.717) is 23.9 Å². The van der Waals surface area contributed by atoms with Gasteiger partial charge in [-0.3, -0.25) is 9.67 Å². The first-order valence-corrected chi connectivity index (χ1v) is 15.2. The molecule has 0 aliphatic heterocycles. The van der Waals surface area contributed by atoms with Crippen LogP contribution in [0.3, 0.4) is 0 Å². The number of aliphatic hydroxyl groups excluding tert-OH is 3. The van der Waals surface area contributed by atoms with Crippen molar-refractivity contribution in [1.29, 1.82) is 0 Å². The summed E-state index contributed by atoms with van der Waals surface area (Å²) in [6.45, 7) is 7.85. The molecule has 1 aromatic carbocycles. The fourth-order valence-corrected chi connectivity index (χ4v) is 6.95. The van der Waals surface area contributed by atoms with E-state index in [1.54, 1.807) is 12.4 Å². The van der Waals surface area contributed by atoms with Crippen molar-refractivity contribution in [3.63, 3.8) is 0 Å². The zero-order valence-corrected chi connectivity index (χ0v) is 25.6. The fraction of sp³-hybridized carbons (Fsp3) is 0.387. The van der Waals surface area contributed by atoms with Crippen LogP contribution in [0.4, 0.5) is 11.8 Å². The van der Waals surface area contributed by atoms with Crippen LogP contribution >= 0.6 is 11.3 Å². The lowest BCUT2D eigenvalue weighted by Gasteiger charge is -2.22. The van der Waals surface area contributed by atoms with Crippen molar-refractivity contribution >= 4 is 33.3 Å². The van der Waals surface area contributed by atoms with Gasteiger partial charge < -0.3 is 26.0 Å². The van der Waals surface area contributed by atoms with E-state index in [0.717, 1.165) is 48.9 Å². The second-order valence-electron chi connectivity index (χ2n) is 11.3. The second-order valence-corrected chi connectivity index (χ2v) is 12.3. The summed E-state index contributed by atoms with van der Waals surface area (Å²) in [5, 5.41) is 43.0. The molecule has 0 spiro atoms. The van der Waals surface area contributed by atoms with Gasteiger partial charge in [-0.15, -0.1) is 11.3 Å². The van der Waals surface area contributed by atoms with E-state index in [4.69, 9.17) is 15.0 Å². The standard InChI is InChI=1S/C31H36N8O3S/c1-15(19-6-8-20(9-7-19)25-17(3)38-39(5)18(25)4)33-31-34-16(2)26(30-36-23-13-32-11-10-24(23)43-30)29(37-31)35-22-12-21(14-40)27(41)28(22)42/h6-11,13,15,21-22,27-28,40-42H,12,14H2,1-5H3,(H2,33,34,35,37)/t15-,21-,22-,27-,28+/m1/s1. The predicted octanol–water partition coefficient (Wildman–Crippen LogP) is 4.16. The maximum atomic E-state index is 10.8. The van der Waals surface area contributed by atoms with Gasteiger partial charge in [0.05, 0.1) is 46.0 Å². The first-order valence-electron chi connectivity index (χ1n) is 14.3. The number of thiazole rings is 1. The molecule has 1 fully saturated rings. The Kier molecular flexibility index (Phi) is 7.86. The molecule has 0 bridgehead atoms. The fourth-order valence-electron chi connectivity index (χ4n) is 5.92. The van der Waals surface area contributed by atoms with E-state index >= 15 is 0 Å². The number of aliphatic hydroxyl groups is 3. The third kappa shape index (κ3) is 5.47. The average molecular weight is 601 g/mol. The minimum absolute atomic E-state index is 0.102. The Morgan fingerprint density at radius 2 is 1.77 bits per heavy atom. The number of aromatic nitrogens is 6. The van der Waals surface area contributed by atoms with E-state index in [9.17, 15) is 15.3 Å². The first-order chi connectivity index (χ1) is 20.6. The Morgan fingerprint density at radius 1 is 1.00 bits per heavy atom. The zero-order valence-electron chi connectivity index (χ0n) is 24.8. The molecular weight excluding hydrogens is 564 g/mol. The molecule has 4 aromatic heterocycles. The number of aryl methyl sites for hydroxylation is 3. The highest BCUT2D eigenvalue weighted by molar-refractivity contribution is 7.21. The number of anilines is 2. The van der Waals surface area contributed by atoms with Crippen LogP contribution in [-0.4, -0.2) is 69.9 Å². The third-order valence-electron chi connectivity index (χ3n) is 8.41. The number of rotatable bonds is 8. The Labute approximate surface area is 253 Å². The molecule has 5 atom stereocenters. The summed E-state index contributed by atoms with van der Waals surface area (Å²) in [5.41, 5.74) is 7.67. The number of nitrogens with zero attached hydrogens (tertiary/aromatic N) is 6. The van der Waals surface area contributed by atoms with Crippen LogP contribution < -0.4 is 10.6 Å². The Bertz CT molecular complexity index is 1740. The quantitative estimate of drug-likeness (QED) is 0.175.